The predicted molar refractivity (Wildman–Crippen MR) is 95.5 cm³/mol. The van der Waals surface area contributed by atoms with Gasteiger partial charge in [-0.1, -0.05) is 0 Å². The first-order valence-electron chi connectivity index (χ1n) is 8.04. The van der Waals surface area contributed by atoms with E-state index in [9.17, 15) is 13.2 Å². The lowest BCUT2D eigenvalue weighted by atomic mass is 9.97. The Hall–Kier alpha value is -0.480. The van der Waals surface area contributed by atoms with E-state index >= 15 is 0 Å². The molecule has 9 heteroatoms. The van der Waals surface area contributed by atoms with E-state index < -0.39 is 10.0 Å². The fourth-order valence-electron chi connectivity index (χ4n) is 3.20. The number of hydrogen-bond donors (Lipinski definition) is 0. The van der Waals surface area contributed by atoms with Crippen molar-refractivity contribution in [3.63, 3.8) is 0 Å². The summed E-state index contributed by atoms with van der Waals surface area (Å²) in [6.45, 7) is 4.41. The van der Waals surface area contributed by atoms with Crippen molar-refractivity contribution < 1.29 is 17.9 Å². The first-order valence-corrected chi connectivity index (χ1v) is 11.1. The van der Waals surface area contributed by atoms with E-state index in [-0.39, 0.29) is 24.5 Å². The first kappa shape index (κ1) is 18.3. The molecule has 2 fully saturated rings. The number of amides is 1. The molecule has 1 amide bonds. The molecule has 6 nitrogen and oxygen atoms in total. The number of hydrogen-bond acceptors (Lipinski definition) is 5. The number of nitrogens with zero attached hydrogens (tertiary/aromatic N) is 2. The maximum absolute atomic E-state index is 12.8. The number of carbonyl (C=O) groups is 1. The Morgan fingerprint density at radius 3 is 2.79 bits per heavy atom. The quantitative estimate of drug-likeness (QED) is 0.727. The zero-order chi connectivity index (χ0) is 17.3. The van der Waals surface area contributed by atoms with E-state index in [1.54, 1.807) is 12.1 Å². The molecule has 1 aromatic heterocycles. The lowest BCUT2D eigenvalue weighted by Gasteiger charge is -2.37. The molecule has 2 saturated heterocycles. The van der Waals surface area contributed by atoms with Crippen LogP contribution in [0.25, 0.3) is 0 Å². The zero-order valence-electron chi connectivity index (χ0n) is 13.5. The summed E-state index contributed by atoms with van der Waals surface area (Å²) < 4.78 is 33.6. The van der Waals surface area contributed by atoms with Crippen molar-refractivity contribution in [3.05, 3.63) is 15.9 Å². The Labute approximate surface area is 154 Å². The number of sulfonamides is 1. The number of rotatable bonds is 3. The van der Waals surface area contributed by atoms with Crippen molar-refractivity contribution in [2.45, 2.75) is 30.1 Å². The van der Waals surface area contributed by atoms with Crippen LogP contribution < -0.4 is 0 Å². The third-order valence-electron chi connectivity index (χ3n) is 4.43. The summed E-state index contributed by atoms with van der Waals surface area (Å²) in [6, 6.07) is 3.35. The maximum atomic E-state index is 12.8. The van der Waals surface area contributed by atoms with Crippen LogP contribution in [-0.4, -0.2) is 62.4 Å². The third kappa shape index (κ3) is 3.85. The molecule has 2 unspecified atom stereocenters. The SMILES string of the molecule is CC1CN(C(=O)C2CCCN(S(=O)(=O)c3ccc(Br)s3)C2)CCO1. The molecule has 0 radical (unpaired) electrons. The van der Waals surface area contributed by atoms with Gasteiger partial charge in [-0.15, -0.1) is 11.3 Å². The fraction of sp³-hybridized carbons (Fsp3) is 0.667. The summed E-state index contributed by atoms with van der Waals surface area (Å²) in [5.74, 6) is -0.209. The van der Waals surface area contributed by atoms with Crippen LogP contribution >= 0.6 is 27.3 Å². The lowest BCUT2D eigenvalue weighted by molar-refractivity contribution is -0.143. The van der Waals surface area contributed by atoms with Gasteiger partial charge in [-0.25, -0.2) is 8.42 Å². The van der Waals surface area contributed by atoms with Crippen LogP contribution in [0.15, 0.2) is 20.1 Å². The minimum atomic E-state index is -3.52. The number of thiophene rings is 1. The second-order valence-corrected chi connectivity index (χ2v) is 10.9. The highest BCUT2D eigenvalue weighted by Crippen LogP contribution is 2.31. The molecule has 0 N–H and O–H groups in total. The summed E-state index contributed by atoms with van der Waals surface area (Å²) in [7, 11) is -3.52. The van der Waals surface area contributed by atoms with Crippen molar-refractivity contribution in [1.29, 1.82) is 0 Å². The van der Waals surface area contributed by atoms with Gasteiger partial charge in [-0.05, 0) is 47.8 Å². The van der Waals surface area contributed by atoms with E-state index in [2.05, 4.69) is 15.9 Å². The van der Waals surface area contributed by atoms with Gasteiger partial charge < -0.3 is 9.64 Å². The first-order chi connectivity index (χ1) is 11.4. The van der Waals surface area contributed by atoms with Crippen LogP contribution in [0.2, 0.25) is 0 Å². The van der Waals surface area contributed by atoms with E-state index in [1.165, 1.54) is 15.6 Å². The summed E-state index contributed by atoms with van der Waals surface area (Å²) in [5, 5.41) is 0. The molecule has 0 aromatic carbocycles. The molecule has 24 heavy (non-hydrogen) atoms. The standard InChI is InChI=1S/C15H21BrN2O4S2/c1-11-9-17(7-8-22-11)15(19)12-3-2-6-18(10-12)24(20,21)14-5-4-13(16)23-14/h4-5,11-12H,2-3,6-10H2,1H3. The van der Waals surface area contributed by atoms with Crippen LogP contribution in [0.4, 0.5) is 0 Å². The average Bonchev–Trinajstić information content (AvgIpc) is 3.01. The maximum Gasteiger partial charge on any atom is 0.252 e. The third-order valence-corrected chi connectivity index (χ3v) is 8.39. The highest BCUT2D eigenvalue weighted by atomic mass is 79.9. The van der Waals surface area contributed by atoms with Gasteiger partial charge in [0.25, 0.3) is 10.0 Å². The smallest absolute Gasteiger partial charge is 0.252 e. The second kappa shape index (κ2) is 7.41. The van der Waals surface area contributed by atoms with E-state index in [0.29, 0.717) is 36.9 Å². The van der Waals surface area contributed by atoms with Crippen LogP contribution in [0.1, 0.15) is 19.8 Å². The van der Waals surface area contributed by atoms with Crippen LogP contribution in [0.3, 0.4) is 0 Å². The minimum Gasteiger partial charge on any atom is -0.375 e. The summed E-state index contributed by atoms with van der Waals surface area (Å²) in [6.07, 6.45) is 1.49. The number of ether oxygens (including phenoxy) is 1. The molecule has 3 heterocycles. The summed E-state index contributed by atoms with van der Waals surface area (Å²) in [4.78, 5) is 14.6. The van der Waals surface area contributed by atoms with Gasteiger partial charge in [0, 0.05) is 26.2 Å². The van der Waals surface area contributed by atoms with Crippen molar-refractivity contribution >= 4 is 43.2 Å². The topological polar surface area (TPSA) is 66.9 Å². The highest BCUT2D eigenvalue weighted by molar-refractivity contribution is 9.11. The minimum absolute atomic E-state index is 0.0367. The molecule has 134 valence electrons. The van der Waals surface area contributed by atoms with Crippen LogP contribution in [0.5, 0.6) is 0 Å². The molecule has 0 spiro atoms. The molecule has 3 rings (SSSR count). The van der Waals surface area contributed by atoms with Gasteiger partial charge in [0.2, 0.25) is 5.91 Å². The summed E-state index contributed by atoms with van der Waals surface area (Å²) >= 11 is 4.51. The molecule has 1 aromatic rings. The Morgan fingerprint density at radius 2 is 2.12 bits per heavy atom. The monoisotopic (exact) mass is 436 g/mol. The van der Waals surface area contributed by atoms with Gasteiger partial charge >= 0.3 is 0 Å². The molecule has 0 aliphatic carbocycles. The van der Waals surface area contributed by atoms with Crippen LogP contribution in [0, 0.1) is 5.92 Å². The molecule has 2 atom stereocenters. The van der Waals surface area contributed by atoms with Crippen molar-refractivity contribution in [3.8, 4) is 0 Å². The van der Waals surface area contributed by atoms with E-state index in [4.69, 9.17) is 4.74 Å². The molecule has 0 saturated carbocycles. The van der Waals surface area contributed by atoms with Gasteiger partial charge in [0.05, 0.1) is 22.4 Å². The van der Waals surface area contributed by atoms with Crippen molar-refractivity contribution in [2.24, 2.45) is 5.92 Å². The van der Waals surface area contributed by atoms with Crippen molar-refractivity contribution in [2.75, 3.05) is 32.8 Å². The molecule has 2 aliphatic rings. The summed E-state index contributed by atoms with van der Waals surface area (Å²) in [5.41, 5.74) is 0. The van der Waals surface area contributed by atoms with E-state index in [1.807, 2.05) is 11.8 Å². The Kier molecular flexibility index (Phi) is 5.65. The molecule has 2 aliphatic heterocycles. The number of carbonyl (C=O) groups excluding carboxylic acids is 1. The Morgan fingerprint density at radius 1 is 1.33 bits per heavy atom. The number of halogens is 1. The van der Waals surface area contributed by atoms with Gasteiger partial charge in [-0.3, -0.25) is 4.79 Å². The van der Waals surface area contributed by atoms with Gasteiger partial charge in [-0.2, -0.15) is 4.31 Å². The second-order valence-electron chi connectivity index (χ2n) is 6.23. The lowest BCUT2D eigenvalue weighted by Crippen LogP contribution is -2.51. The van der Waals surface area contributed by atoms with Crippen molar-refractivity contribution in [1.82, 2.24) is 9.21 Å². The zero-order valence-corrected chi connectivity index (χ0v) is 16.7. The van der Waals surface area contributed by atoms with Gasteiger partial charge in [0.1, 0.15) is 4.21 Å². The Balaban J connectivity index is 1.71. The largest absolute Gasteiger partial charge is 0.375 e. The fourth-order valence-corrected chi connectivity index (χ4v) is 6.89. The molecular weight excluding hydrogens is 416 g/mol. The average molecular weight is 437 g/mol. The van der Waals surface area contributed by atoms with Crippen LogP contribution in [-0.2, 0) is 19.6 Å². The van der Waals surface area contributed by atoms with E-state index in [0.717, 1.165) is 10.2 Å². The normalized spacial score (nSPS) is 26.5. The molecule has 0 bridgehead atoms. The highest BCUT2D eigenvalue weighted by Gasteiger charge is 2.36. The predicted octanol–water partition coefficient (Wildman–Crippen LogP) is 2.16. The Bertz CT molecular complexity index is 706. The number of piperidine rings is 1. The molecular formula is C15H21BrN2O4S2. The number of morpholine rings is 1. The van der Waals surface area contributed by atoms with Gasteiger partial charge in [0.15, 0.2) is 0 Å².